The van der Waals surface area contributed by atoms with E-state index in [0.29, 0.717) is 0 Å². The second-order valence-electron chi connectivity index (χ2n) is 3.50. The molecular formula is C11H17NO2. The molecule has 0 spiro atoms. The number of aliphatic hydroxyl groups is 1. The molecule has 3 nitrogen and oxygen atoms in total. The molecule has 3 heteroatoms. The van der Waals surface area contributed by atoms with E-state index < -0.39 is 0 Å². The second-order valence-corrected chi connectivity index (χ2v) is 3.50. The zero-order valence-electron chi connectivity index (χ0n) is 8.90. The zero-order valence-corrected chi connectivity index (χ0v) is 8.90. The van der Waals surface area contributed by atoms with Crippen LogP contribution in [0.4, 0.5) is 5.69 Å². The van der Waals surface area contributed by atoms with Gasteiger partial charge in [0.05, 0.1) is 6.10 Å². The maximum Gasteiger partial charge on any atom is 0.119 e. The monoisotopic (exact) mass is 195 g/mol. The summed E-state index contributed by atoms with van der Waals surface area (Å²) in [7, 11) is 1.83. The van der Waals surface area contributed by atoms with Gasteiger partial charge in [-0.3, -0.25) is 0 Å². The summed E-state index contributed by atoms with van der Waals surface area (Å²) in [6.45, 7) is 4.01. The van der Waals surface area contributed by atoms with Gasteiger partial charge in [0.2, 0.25) is 0 Å². The average Bonchev–Trinajstić information content (AvgIpc) is 2.17. The van der Waals surface area contributed by atoms with Crippen molar-refractivity contribution in [2.45, 2.75) is 20.0 Å². The van der Waals surface area contributed by atoms with Crippen LogP contribution in [0.5, 0.6) is 5.75 Å². The van der Waals surface area contributed by atoms with Crippen molar-refractivity contribution in [1.29, 1.82) is 0 Å². The molecule has 0 fully saturated rings. The first kappa shape index (κ1) is 10.9. The van der Waals surface area contributed by atoms with E-state index in [9.17, 15) is 0 Å². The topological polar surface area (TPSA) is 32.7 Å². The molecule has 14 heavy (non-hydrogen) atoms. The van der Waals surface area contributed by atoms with Crippen LogP contribution >= 0.6 is 0 Å². The van der Waals surface area contributed by atoms with E-state index in [0.717, 1.165) is 11.4 Å². The van der Waals surface area contributed by atoms with E-state index in [1.54, 1.807) is 4.90 Å². The first-order valence-corrected chi connectivity index (χ1v) is 4.72. The molecule has 0 aromatic heterocycles. The predicted octanol–water partition coefficient (Wildman–Crippen LogP) is 1.86. The van der Waals surface area contributed by atoms with Crippen LogP contribution < -0.4 is 9.64 Å². The highest BCUT2D eigenvalue weighted by atomic mass is 16.5. The molecule has 1 aromatic rings. The van der Waals surface area contributed by atoms with Crippen molar-refractivity contribution in [3.63, 3.8) is 0 Å². The summed E-state index contributed by atoms with van der Waals surface area (Å²) < 4.78 is 5.50. The van der Waals surface area contributed by atoms with E-state index >= 15 is 0 Å². The maximum absolute atomic E-state index is 8.90. The van der Waals surface area contributed by atoms with E-state index in [-0.39, 0.29) is 12.8 Å². The van der Waals surface area contributed by atoms with E-state index in [1.807, 2.05) is 45.2 Å². The van der Waals surface area contributed by atoms with Gasteiger partial charge >= 0.3 is 0 Å². The molecule has 0 radical (unpaired) electrons. The van der Waals surface area contributed by atoms with Crippen LogP contribution in [0.1, 0.15) is 13.8 Å². The Bertz CT molecular complexity index is 269. The minimum Gasteiger partial charge on any atom is -0.491 e. The van der Waals surface area contributed by atoms with E-state index in [2.05, 4.69) is 0 Å². The highest BCUT2D eigenvalue weighted by molar-refractivity contribution is 5.47. The quantitative estimate of drug-likeness (QED) is 0.744. The number of nitrogens with zero attached hydrogens (tertiary/aromatic N) is 1. The molecule has 0 bridgehead atoms. The van der Waals surface area contributed by atoms with Crippen LogP contribution in [0.3, 0.4) is 0 Å². The van der Waals surface area contributed by atoms with Crippen LogP contribution in [-0.4, -0.2) is 25.0 Å². The Morgan fingerprint density at radius 2 is 1.86 bits per heavy atom. The van der Waals surface area contributed by atoms with Gasteiger partial charge in [0, 0.05) is 12.7 Å². The smallest absolute Gasteiger partial charge is 0.119 e. The van der Waals surface area contributed by atoms with Crippen LogP contribution in [0.2, 0.25) is 0 Å². The van der Waals surface area contributed by atoms with E-state index in [4.69, 9.17) is 9.84 Å². The summed E-state index contributed by atoms with van der Waals surface area (Å²) in [5.41, 5.74) is 0.976. The first-order chi connectivity index (χ1) is 6.63. The molecule has 78 valence electrons. The Balaban J connectivity index is 2.68. The third-order valence-electron chi connectivity index (χ3n) is 1.86. The molecule has 0 aliphatic carbocycles. The molecule has 0 aliphatic heterocycles. The van der Waals surface area contributed by atoms with Gasteiger partial charge in [0.25, 0.3) is 0 Å². The fourth-order valence-electron chi connectivity index (χ4n) is 1.13. The molecule has 0 saturated carbocycles. The third kappa shape index (κ3) is 2.92. The highest BCUT2D eigenvalue weighted by Crippen LogP contribution is 2.18. The second kappa shape index (κ2) is 4.86. The number of hydrogen-bond acceptors (Lipinski definition) is 3. The van der Waals surface area contributed by atoms with Gasteiger partial charge in [-0.25, -0.2) is 0 Å². The number of benzene rings is 1. The number of anilines is 1. The predicted molar refractivity (Wildman–Crippen MR) is 57.7 cm³/mol. The molecule has 0 atom stereocenters. The molecule has 1 rings (SSSR count). The van der Waals surface area contributed by atoms with Gasteiger partial charge in [-0.2, -0.15) is 0 Å². The number of ether oxygens (including phenoxy) is 1. The van der Waals surface area contributed by atoms with Crippen molar-refractivity contribution in [3.8, 4) is 5.75 Å². The van der Waals surface area contributed by atoms with Crippen LogP contribution in [0.25, 0.3) is 0 Å². The maximum atomic E-state index is 8.90. The van der Waals surface area contributed by atoms with E-state index in [1.165, 1.54) is 0 Å². The summed E-state index contributed by atoms with van der Waals surface area (Å²) in [6, 6.07) is 7.66. The van der Waals surface area contributed by atoms with Crippen LogP contribution in [-0.2, 0) is 0 Å². The Kier molecular flexibility index (Phi) is 3.77. The number of hydrogen-bond donors (Lipinski definition) is 1. The summed E-state index contributed by atoms with van der Waals surface area (Å²) in [6.07, 6.45) is 0.191. The lowest BCUT2D eigenvalue weighted by atomic mass is 10.3. The lowest BCUT2D eigenvalue weighted by Gasteiger charge is -2.16. The number of rotatable bonds is 4. The van der Waals surface area contributed by atoms with Crippen LogP contribution in [0.15, 0.2) is 24.3 Å². The summed E-state index contributed by atoms with van der Waals surface area (Å²) in [5, 5.41) is 8.90. The third-order valence-corrected chi connectivity index (χ3v) is 1.86. The lowest BCUT2D eigenvalue weighted by molar-refractivity contribution is 0.242. The van der Waals surface area contributed by atoms with Crippen LogP contribution in [0, 0.1) is 0 Å². The minimum atomic E-state index is 0.0182. The molecule has 0 heterocycles. The van der Waals surface area contributed by atoms with Gasteiger partial charge in [-0.05, 0) is 38.1 Å². The largest absolute Gasteiger partial charge is 0.491 e. The molecule has 0 aliphatic rings. The SMILES string of the molecule is CC(C)Oc1ccc(N(C)CO)cc1. The fourth-order valence-corrected chi connectivity index (χ4v) is 1.13. The molecule has 0 amide bonds. The summed E-state index contributed by atoms with van der Waals surface area (Å²) in [4.78, 5) is 1.75. The number of aliphatic hydroxyl groups excluding tert-OH is 1. The van der Waals surface area contributed by atoms with Gasteiger partial charge in [0.1, 0.15) is 12.5 Å². The van der Waals surface area contributed by atoms with Crippen molar-refractivity contribution in [2.24, 2.45) is 0 Å². The fraction of sp³-hybridized carbons (Fsp3) is 0.455. The van der Waals surface area contributed by atoms with Crippen molar-refractivity contribution < 1.29 is 9.84 Å². The Labute approximate surface area is 84.9 Å². The summed E-state index contributed by atoms with van der Waals surface area (Å²) in [5.74, 6) is 0.857. The Hall–Kier alpha value is -1.22. The van der Waals surface area contributed by atoms with Crippen molar-refractivity contribution in [3.05, 3.63) is 24.3 Å². The average molecular weight is 195 g/mol. The van der Waals surface area contributed by atoms with Gasteiger partial charge in [-0.15, -0.1) is 0 Å². The van der Waals surface area contributed by atoms with Gasteiger partial charge in [0.15, 0.2) is 0 Å². The molecule has 0 saturated heterocycles. The Morgan fingerprint density at radius 1 is 1.29 bits per heavy atom. The van der Waals surface area contributed by atoms with Gasteiger partial charge in [-0.1, -0.05) is 0 Å². The van der Waals surface area contributed by atoms with Crippen molar-refractivity contribution in [1.82, 2.24) is 0 Å². The highest BCUT2D eigenvalue weighted by Gasteiger charge is 2.00. The standard InChI is InChI=1S/C11H17NO2/c1-9(2)14-11-6-4-10(5-7-11)12(3)8-13/h4-7,9,13H,8H2,1-3H3. The van der Waals surface area contributed by atoms with Crippen molar-refractivity contribution >= 4 is 5.69 Å². The Morgan fingerprint density at radius 3 is 2.29 bits per heavy atom. The molecular weight excluding hydrogens is 178 g/mol. The van der Waals surface area contributed by atoms with Crippen molar-refractivity contribution in [2.75, 3.05) is 18.7 Å². The normalized spacial score (nSPS) is 10.4. The first-order valence-electron chi connectivity index (χ1n) is 4.72. The minimum absolute atomic E-state index is 0.0182. The zero-order chi connectivity index (χ0) is 10.6. The molecule has 1 N–H and O–H groups in total. The molecule has 1 aromatic carbocycles. The molecule has 0 unspecified atom stereocenters. The lowest BCUT2D eigenvalue weighted by Crippen LogP contribution is -2.17. The summed E-state index contributed by atoms with van der Waals surface area (Å²) >= 11 is 0. The van der Waals surface area contributed by atoms with Gasteiger partial charge < -0.3 is 14.7 Å².